The first-order chi connectivity index (χ1) is 8.02. The van der Waals surface area contributed by atoms with Crippen LogP contribution in [0, 0.1) is 5.41 Å². The van der Waals surface area contributed by atoms with Crippen LogP contribution in [0.2, 0.25) is 0 Å². The standard InChI is InChI=1S/C11H19N3O3/c1-14(2)5-9(15)13-4-8-11(6-12-7-11)3-10(16)17-8/h8,12H,3-7H2,1-2H3,(H,13,15). The molecule has 0 aromatic carbocycles. The van der Waals surface area contributed by atoms with Gasteiger partial charge in [-0.1, -0.05) is 0 Å². The Morgan fingerprint density at radius 1 is 1.59 bits per heavy atom. The molecule has 0 saturated carbocycles. The Morgan fingerprint density at radius 3 is 2.82 bits per heavy atom. The molecule has 0 aliphatic carbocycles. The van der Waals surface area contributed by atoms with Gasteiger partial charge < -0.3 is 20.3 Å². The lowest BCUT2D eigenvalue weighted by Gasteiger charge is -2.41. The molecule has 96 valence electrons. The number of rotatable bonds is 4. The molecule has 17 heavy (non-hydrogen) atoms. The van der Waals surface area contributed by atoms with Crippen molar-refractivity contribution in [3.8, 4) is 0 Å². The lowest BCUT2D eigenvalue weighted by molar-refractivity contribution is -0.142. The minimum Gasteiger partial charge on any atom is -0.460 e. The Hall–Kier alpha value is -1.14. The zero-order valence-corrected chi connectivity index (χ0v) is 10.3. The maximum Gasteiger partial charge on any atom is 0.306 e. The lowest BCUT2D eigenvalue weighted by Crippen LogP contribution is -2.60. The fourth-order valence-corrected chi connectivity index (χ4v) is 2.33. The number of carbonyl (C=O) groups excluding carboxylic acids is 2. The van der Waals surface area contributed by atoms with Crippen molar-refractivity contribution in [2.45, 2.75) is 12.5 Å². The number of likely N-dealkylation sites (N-methyl/N-ethyl adjacent to an activating group) is 1. The normalized spacial score (nSPS) is 25.8. The Labute approximate surface area is 101 Å². The van der Waals surface area contributed by atoms with E-state index in [-0.39, 0.29) is 23.4 Å². The van der Waals surface area contributed by atoms with E-state index in [2.05, 4.69) is 10.6 Å². The van der Waals surface area contributed by atoms with Crippen LogP contribution in [-0.4, -0.2) is 63.2 Å². The minimum absolute atomic E-state index is 0.0413. The summed E-state index contributed by atoms with van der Waals surface area (Å²) in [7, 11) is 3.68. The molecule has 2 aliphatic heterocycles. The number of esters is 1. The van der Waals surface area contributed by atoms with Gasteiger partial charge in [-0.2, -0.15) is 0 Å². The summed E-state index contributed by atoms with van der Waals surface area (Å²) in [6, 6.07) is 0. The second kappa shape index (κ2) is 4.62. The van der Waals surface area contributed by atoms with Crippen LogP contribution < -0.4 is 10.6 Å². The third-order valence-electron chi connectivity index (χ3n) is 3.35. The molecule has 6 nitrogen and oxygen atoms in total. The number of cyclic esters (lactones) is 1. The maximum absolute atomic E-state index is 11.5. The van der Waals surface area contributed by atoms with E-state index < -0.39 is 0 Å². The van der Waals surface area contributed by atoms with Gasteiger partial charge in [-0.05, 0) is 14.1 Å². The zero-order chi connectivity index (χ0) is 12.5. The van der Waals surface area contributed by atoms with Gasteiger partial charge in [0.1, 0.15) is 6.10 Å². The predicted octanol–water partition coefficient (Wildman–Crippen LogP) is -1.43. The van der Waals surface area contributed by atoms with Crippen LogP contribution in [0.25, 0.3) is 0 Å². The van der Waals surface area contributed by atoms with E-state index in [1.165, 1.54) is 0 Å². The van der Waals surface area contributed by atoms with E-state index >= 15 is 0 Å². The van der Waals surface area contributed by atoms with Gasteiger partial charge in [0, 0.05) is 18.5 Å². The van der Waals surface area contributed by atoms with Gasteiger partial charge in [-0.3, -0.25) is 9.59 Å². The summed E-state index contributed by atoms with van der Waals surface area (Å²) in [4.78, 5) is 24.6. The molecule has 2 fully saturated rings. The molecule has 1 amide bonds. The third-order valence-corrected chi connectivity index (χ3v) is 3.35. The Morgan fingerprint density at radius 2 is 2.29 bits per heavy atom. The molecule has 0 bridgehead atoms. The van der Waals surface area contributed by atoms with Crippen molar-refractivity contribution in [1.29, 1.82) is 0 Å². The van der Waals surface area contributed by atoms with E-state index in [1.54, 1.807) is 4.90 Å². The highest BCUT2D eigenvalue weighted by Gasteiger charge is 2.52. The van der Waals surface area contributed by atoms with Gasteiger partial charge in [0.2, 0.25) is 5.91 Å². The topological polar surface area (TPSA) is 70.7 Å². The highest BCUT2D eigenvalue weighted by Crippen LogP contribution is 2.38. The number of nitrogens with one attached hydrogen (secondary N) is 2. The molecular formula is C11H19N3O3. The molecule has 2 N–H and O–H groups in total. The van der Waals surface area contributed by atoms with Crippen LogP contribution >= 0.6 is 0 Å². The van der Waals surface area contributed by atoms with Crippen LogP contribution in [0.15, 0.2) is 0 Å². The van der Waals surface area contributed by atoms with E-state index in [0.29, 0.717) is 19.5 Å². The van der Waals surface area contributed by atoms with E-state index in [0.717, 1.165) is 13.1 Å². The lowest BCUT2D eigenvalue weighted by atomic mass is 9.75. The van der Waals surface area contributed by atoms with Crippen LogP contribution in [0.4, 0.5) is 0 Å². The number of ether oxygens (including phenoxy) is 1. The molecule has 1 unspecified atom stereocenters. The van der Waals surface area contributed by atoms with Gasteiger partial charge in [0.25, 0.3) is 0 Å². The summed E-state index contributed by atoms with van der Waals surface area (Å²) >= 11 is 0. The second-order valence-corrected chi connectivity index (χ2v) is 5.16. The first-order valence-electron chi connectivity index (χ1n) is 5.83. The summed E-state index contributed by atoms with van der Waals surface area (Å²) < 4.78 is 5.27. The second-order valence-electron chi connectivity index (χ2n) is 5.16. The molecule has 1 atom stereocenters. The van der Waals surface area contributed by atoms with Gasteiger partial charge in [-0.25, -0.2) is 0 Å². The number of nitrogens with zero attached hydrogens (tertiary/aromatic N) is 1. The molecule has 1 spiro atoms. The molecule has 0 aromatic heterocycles. The van der Waals surface area contributed by atoms with Gasteiger partial charge in [-0.15, -0.1) is 0 Å². The van der Waals surface area contributed by atoms with Crippen molar-refractivity contribution in [2.75, 3.05) is 40.3 Å². The summed E-state index contributed by atoms with van der Waals surface area (Å²) in [5.74, 6) is -0.196. The molecule has 2 rings (SSSR count). The molecule has 0 radical (unpaired) electrons. The van der Waals surface area contributed by atoms with Gasteiger partial charge in [0.15, 0.2) is 0 Å². The number of hydrogen-bond donors (Lipinski definition) is 2. The predicted molar refractivity (Wildman–Crippen MR) is 61.4 cm³/mol. The van der Waals surface area contributed by atoms with Crippen LogP contribution in [0.5, 0.6) is 0 Å². The molecule has 2 heterocycles. The molecular weight excluding hydrogens is 222 g/mol. The largest absolute Gasteiger partial charge is 0.460 e. The summed E-state index contributed by atoms with van der Waals surface area (Å²) in [6.45, 7) is 2.37. The Bertz CT molecular complexity index is 326. The maximum atomic E-state index is 11.5. The van der Waals surface area contributed by atoms with E-state index in [4.69, 9.17) is 4.74 Å². The quantitative estimate of drug-likeness (QED) is 0.591. The first kappa shape index (κ1) is 12.3. The van der Waals surface area contributed by atoms with Crippen molar-refractivity contribution in [2.24, 2.45) is 5.41 Å². The van der Waals surface area contributed by atoms with Gasteiger partial charge in [0.05, 0.1) is 19.5 Å². The molecule has 0 aromatic rings. The van der Waals surface area contributed by atoms with Crippen molar-refractivity contribution in [3.05, 3.63) is 0 Å². The Balaban J connectivity index is 1.82. The fourth-order valence-electron chi connectivity index (χ4n) is 2.33. The Kier molecular flexibility index (Phi) is 3.35. The number of amides is 1. The van der Waals surface area contributed by atoms with Crippen molar-refractivity contribution < 1.29 is 14.3 Å². The van der Waals surface area contributed by atoms with Gasteiger partial charge >= 0.3 is 5.97 Å². The summed E-state index contributed by atoms with van der Waals surface area (Å²) in [5.41, 5.74) is -0.0809. The summed E-state index contributed by atoms with van der Waals surface area (Å²) in [5, 5.41) is 5.98. The average Bonchev–Trinajstić information content (AvgIpc) is 2.51. The monoisotopic (exact) mass is 241 g/mol. The van der Waals surface area contributed by atoms with Crippen LogP contribution in [0.3, 0.4) is 0 Å². The van der Waals surface area contributed by atoms with Crippen LogP contribution in [-0.2, 0) is 14.3 Å². The number of hydrogen-bond acceptors (Lipinski definition) is 5. The fraction of sp³-hybridized carbons (Fsp3) is 0.818. The smallest absolute Gasteiger partial charge is 0.306 e. The third kappa shape index (κ3) is 2.58. The number of carbonyl (C=O) groups is 2. The average molecular weight is 241 g/mol. The highest BCUT2D eigenvalue weighted by molar-refractivity contribution is 5.78. The SMILES string of the molecule is CN(C)CC(=O)NCC1OC(=O)CC12CNC2. The minimum atomic E-state index is -0.178. The zero-order valence-electron chi connectivity index (χ0n) is 10.3. The van der Waals surface area contributed by atoms with Crippen molar-refractivity contribution in [3.63, 3.8) is 0 Å². The van der Waals surface area contributed by atoms with Crippen molar-refractivity contribution >= 4 is 11.9 Å². The highest BCUT2D eigenvalue weighted by atomic mass is 16.6. The molecule has 6 heteroatoms. The van der Waals surface area contributed by atoms with E-state index in [1.807, 2.05) is 14.1 Å². The summed E-state index contributed by atoms with van der Waals surface area (Å²) in [6.07, 6.45) is 0.288. The van der Waals surface area contributed by atoms with Crippen LogP contribution in [0.1, 0.15) is 6.42 Å². The van der Waals surface area contributed by atoms with E-state index in [9.17, 15) is 9.59 Å². The first-order valence-corrected chi connectivity index (χ1v) is 5.83. The van der Waals surface area contributed by atoms with Crippen molar-refractivity contribution in [1.82, 2.24) is 15.5 Å². The molecule has 2 aliphatic rings. The molecule has 2 saturated heterocycles.